The molecular formula is C35H40F3N3O5. The van der Waals surface area contributed by atoms with E-state index in [2.05, 4.69) is 43.2 Å². The van der Waals surface area contributed by atoms with Crippen LogP contribution in [-0.4, -0.2) is 65.2 Å². The summed E-state index contributed by atoms with van der Waals surface area (Å²) in [6.45, 7) is 4.63. The maximum atomic E-state index is 13.1. The number of hydrogen-bond donors (Lipinski definition) is 2. The second-order valence-corrected chi connectivity index (χ2v) is 12.1. The quantitative estimate of drug-likeness (QED) is 0.292. The van der Waals surface area contributed by atoms with Gasteiger partial charge in [-0.1, -0.05) is 73.7 Å². The Bertz CT molecular complexity index is 1490. The number of likely N-dealkylation sites (N-methyl/N-ethyl adjacent to an activating group) is 1. The summed E-state index contributed by atoms with van der Waals surface area (Å²) in [7, 11) is 2.05. The summed E-state index contributed by atoms with van der Waals surface area (Å²) < 4.78 is 52.5. The molecule has 2 aliphatic rings. The smallest absolute Gasteiger partial charge is 0.392 e. The van der Waals surface area contributed by atoms with Gasteiger partial charge in [-0.25, -0.2) is 0 Å². The summed E-state index contributed by atoms with van der Waals surface area (Å²) in [6.07, 6.45) is -6.01. The molecule has 0 spiro atoms. The molecule has 5 rings (SSSR count). The van der Waals surface area contributed by atoms with E-state index in [1.165, 1.54) is 5.56 Å². The van der Waals surface area contributed by atoms with Gasteiger partial charge in [0.05, 0.1) is 18.8 Å². The normalized spacial score (nSPS) is 24.2. The summed E-state index contributed by atoms with van der Waals surface area (Å²) in [5.41, 5.74) is 3.88. The molecule has 8 nitrogen and oxygen atoms in total. The van der Waals surface area contributed by atoms with E-state index in [4.69, 9.17) is 9.47 Å². The minimum absolute atomic E-state index is 0.0518. The topological polar surface area (TPSA) is 91.3 Å². The van der Waals surface area contributed by atoms with E-state index >= 15 is 0 Å². The summed E-state index contributed by atoms with van der Waals surface area (Å²) in [4.78, 5) is 27.8. The third kappa shape index (κ3) is 7.60. The van der Waals surface area contributed by atoms with E-state index in [-0.39, 0.29) is 43.7 Å². The molecule has 2 saturated heterocycles. The Kier molecular flexibility index (Phi) is 10.5. The Morgan fingerprint density at radius 3 is 2.41 bits per heavy atom. The molecule has 2 amide bonds. The Labute approximate surface area is 267 Å². The molecule has 46 heavy (non-hydrogen) atoms. The average molecular weight is 640 g/mol. The summed E-state index contributed by atoms with van der Waals surface area (Å²) in [5.74, 6) is -2.74. The van der Waals surface area contributed by atoms with Crippen molar-refractivity contribution in [2.24, 2.45) is 5.92 Å². The van der Waals surface area contributed by atoms with Gasteiger partial charge in [-0.2, -0.15) is 13.2 Å². The number of carbonyl (C=O) groups excluding carboxylic acids is 2. The van der Waals surface area contributed by atoms with Gasteiger partial charge in [0.15, 0.2) is 6.29 Å². The number of amides is 2. The van der Waals surface area contributed by atoms with Gasteiger partial charge in [0.1, 0.15) is 6.04 Å². The van der Waals surface area contributed by atoms with E-state index < -0.39 is 30.3 Å². The molecule has 0 aliphatic carbocycles. The van der Waals surface area contributed by atoms with Gasteiger partial charge in [0, 0.05) is 36.3 Å². The predicted octanol–water partition coefficient (Wildman–Crippen LogP) is 6.16. The van der Waals surface area contributed by atoms with Crippen LogP contribution >= 0.6 is 0 Å². The molecule has 2 N–H and O–H groups in total. The van der Waals surface area contributed by atoms with Crippen LogP contribution in [0.25, 0.3) is 0 Å². The van der Waals surface area contributed by atoms with Crippen LogP contribution in [0.3, 0.4) is 0 Å². The predicted molar refractivity (Wildman–Crippen MR) is 166 cm³/mol. The highest BCUT2D eigenvalue weighted by molar-refractivity contribution is 5.98. The molecule has 6 atom stereocenters. The van der Waals surface area contributed by atoms with Crippen LogP contribution in [0.1, 0.15) is 67.4 Å². The lowest BCUT2D eigenvalue weighted by Gasteiger charge is -2.43. The van der Waals surface area contributed by atoms with Gasteiger partial charge in [-0.3, -0.25) is 14.5 Å². The van der Waals surface area contributed by atoms with Crippen LogP contribution in [-0.2, 0) is 25.7 Å². The molecule has 0 aromatic heterocycles. The Balaban J connectivity index is 1.37. The van der Waals surface area contributed by atoms with Crippen molar-refractivity contribution in [1.82, 2.24) is 9.80 Å². The molecule has 0 saturated carbocycles. The number of carbonyl (C=O) groups is 2. The van der Waals surface area contributed by atoms with Crippen molar-refractivity contribution in [2.45, 2.75) is 70.1 Å². The van der Waals surface area contributed by atoms with Gasteiger partial charge < -0.3 is 24.8 Å². The van der Waals surface area contributed by atoms with Crippen molar-refractivity contribution in [3.05, 3.63) is 101 Å². The van der Waals surface area contributed by atoms with Gasteiger partial charge in [-0.15, -0.1) is 0 Å². The number of nitrogens with one attached hydrogen (secondary N) is 1. The number of nitrogens with zero attached hydrogens (tertiary/aromatic N) is 2. The Morgan fingerprint density at radius 2 is 1.74 bits per heavy atom. The zero-order valence-corrected chi connectivity index (χ0v) is 26.1. The third-order valence-corrected chi connectivity index (χ3v) is 9.02. The fraction of sp³-hybridized carbons (Fsp3) is 0.429. The van der Waals surface area contributed by atoms with E-state index in [1.54, 1.807) is 18.2 Å². The van der Waals surface area contributed by atoms with E-state index in [0.717, 1.165) is 11.1 Å². The monoisotopic (exact) mass is 639 g/mol. The van der Waals surface area contributed by atoms with Crippen molar-refractivity contribution < 1.29 is 37.3 Å². The van der Waals surface area contributed by atoms with Crippen molar-refractivity contribution in [3.8, 4) is 0 Å². The fourth-order valence-electron chi connectivity index (χ4n) is 6.19. The third-order valence-electron chi connectivity index (χ3n) is 9.02. The Morgan fingerprint density at radius 1 is 1.02 bits per heavy atom. The van der Waals surface area contributed by atoms with Gasteiger partial charge in [0.25, 0.3) is 0 Å². The van der Waals surface area contributed by atoms with Gasteiger partial charge >= 0.3 is 12.1 Å². The molecule has 3 aromatic carbocycles. The number of hydrogen-bond acceptors (Lipinski definition) is 6. The van der Waals surface area contributed by atoms with Crippen LogP contribution < -0.4 is 5.32 Å². The zero-order valence-electron chi connectivity index (χ0n) is 26.1. The number of anilines is 1. The second kappa shape index (κ2) is 14.3. The number of benzene rings is 3. The number of halogens is 3. The molecule has 0 unspecified atom stereocenters. The molecule has 0 radical (unpaired) electrons. The molecule has 2 aliphatic heterocycles. The van der Waals surface area contributed by atoms with E-state index in [9.17, 15) is 27.9 Å². The molecular weight excluding hydrogens is 599 g/mol. The lowest BCUT2D eigenvalue weighted by atomic mass is 9.89. The number of alkyl halides is 3. The highest BCUT2D eigenvalue weighted by atomic mass is 19.4. The van der Waals surface area contributed by atoms with Crippen molar-refractivity contribution in [2.75, 3.05) is 25.5 Å². The maximum Gasteiger partial charge on any atom is 0.471 e. The maximum absolute atomic E-state index is 13.1. The molecule has 246 valence electrons. The number of rotatable bonds is 9. The van der Waals surface area contributed by atoms with Crippen LogP contribution in [0.4, 0.5) is 18.9 Å². The van der Waals surface area contributed by atoms with Gasteiger partial charge in [-0.05, 0) is 55.6 Å². The Hall–Kier alpha value is -3.77. The first-order chi connectivity index (χ1) is 22.0. The summed E-state index contributed by atoms with van der Waals surface area (Å²) in [5, 5.41) is 12.2. The van der Waals surface area contributed by atoms with Crippen LogP contribution in [0.15, 0.2) is 78.9 Å². The van der Waals surface area contributed by atoms with Crippen molar-refractivity contribution in [1.29, 1.82) is 0 Å². The van der Waals surface area contributed by atoms with Crippen molar-refractivity contribution >= 4 is 17.5 Å². The highest BCUT2D eigenvalue weighted by Gasteiger charge is 2.47. The van der Waals surface area contributed by atoms with Crippen molar-refractivity contribution in [3.63, 3.8) is 0 Å². The minimum Gasteiger partial charge on any atom is -0.392 e. The molecule has 3 aromatic rings. The van der Waals surface area contributed by atoms with Crippen LogP contribution in [0, 0.1) is 5.92 Å². The first kappa shape index (κ1) is 33.6. The molecule has 2 heterocycles. The molecule has 0 bridgehead atoms. The van der Waals surface area contributed by atoms with E-state index in [0.29, 0.717) is 29.1 Å². The SMILES string of the molecule is C[C@@H]1[C@H](CN(C)[C@@H](C)c2ccccc2)O[C@H](c2cccc(NC(=O)[C@@H]3CCCN3C(=O)C(F)(F)F)c2)O[C@@H]1c1ccc(CO)cc1. The molecule has 2 fully saturated rings. The number of ether oxygens (including phenoxy) is 2. The number of aliphatic hydroxyl groups is 1. The first-order valence-electron chi connectivity index (χ1n) is 15.5. The number of aliphatic hydroxyl groups excluding tert-OH is 1. The fourth-order valence-corrected chi connectivity index (χ4v) is 6.19. The average Bonchev–Trinajstić information content (AvgIpc) is 3.55. The molecule has 11 heteroatoms. The van der Waals surface area contributed by atoms with Crippen LogP contribution in [0.5, 0.6) is 0 Å². The summed E-state index contributed by atoms with van der Waals surface area (Å²) >= 11 is 0. The van der Waals surface area contributed by atoms with E-state index in [1.807, 2.05) is 48.5 Å². The second-order valence-electron chi connectivity index (χ2n) is 12.1. The lowest BCUT2D eigenvalue weighted by Crippen LogP contribution is -2.48. The summed E-state index contributed by atoms with van der Waals surface area (Å²) in [6, 6.07) is 23.6. The lowest BCUT2D eigenvalue weighted by molar-refractivity contribution is -0.276. The minimum atomic E-state index is -5.05. The zero-order chi connectivity index (χ0) is 33.0. The first-order valence-corrected chi connectivity index (χ1v) is 15.5. The highest BCUT2D eigenvalue weighted by Crippen LogP contribution is 2.42. The number of likely N-dealkylation sites (tertiary alicyclic amines) is 1. The standard InChI is InChI=1S/C35H40F3N3O5/c1-22-30(20-40(3)23(2)25-9-5-4-6-10-25)45-33(46-31(22)26-16-14-24(21-42)15-17-26)27-11-7-12-28(19-27)39-32(43)29-13-8-18-41(29)34(44)35(36,37)38/h4-7,9-12,14-17,19,22-23,29-31,33,42H,8,13,18,20-21H2,1-3H3,(H,39,43)/t22-,23+,29+,30+,31+,33+/m1/s1. The largest absolute Gasteiger partial charge is 0.471 e. The van der Waals surface area contributed by atoms with Gasteiger partial charge in [0.2, 0.25) is 5.91 Å². The van der Waals surface area contributed by atoms with Crippen LogP contribution in [0.2, 0.25) is 0 Å².